The molecule has 0 atom stereocenters. The fourth-order valence-corrected chi connectivity index (χ4v) is 1.94. The molecule has 0 aliphatic rings. The summed E-state index contributed by atoms with van der Waals surface area (Å²) >= 11 is 0. The quantitative estimate of drug-likeness (QED) is 0.825. The molecular weight excluding hydrogens is 276 g/mol. The number of carbonyl (C=O) groups excluding carboxylic acids is 1. The summed E-state index contributed by atoms with van der Waals surface area (Å²) in [5, 5.41) is 6.16. The maximum Gasteiger partial charge on any atom is 0.252 e. The number of nitrogens with one attached hydrogen (secondary N) is 2. The second-order valence-electron chi connectivity index (χ2n) is 5.62. The van der Waals surface area contributed by atoms with Crippen LogP contribution in [0.4, 0.5) is 5.69 Å². The molecular formula is C17H22N4O. The van der Waals surface area contributed by atoms with E-state index in [0.29, 0.717) is 24.6 Å². The molecule has 0 saturated carbocycles. The number of rotatable bonds is 7. The van der Waals surface area contributed by atoms with Gasteiger partial charge < -0.3 is 10.6 Å². The summed E-state index contributed by atoms with van der Waals surface area (Å²) < 4.78 is 0. The molecule has 2 aromatic heterocycles. The lowest BCUT2D eigenvalue weighted by Gasteiger charge is -2.09. The average molecular weight is 298 g/mol. The van der Waals surface area contributed by atoms with Gasteiger partial charge in [-0.1, -0.05) is 19.9 Å². The lowest BCUT2D eigenvalue weighted by Crippen LogP contribution is -2.25. The minimum absolute atomic E-state index is 0.0850. The Hall–Kier alpha value is -2.43. The lowest BCUT2D eigenvalue weighted by atomic mass is 10.1. The SMILES string of the molecule is CC(C)CCNC(=O)c1cncc(NCc2cccnc2)c1. The van der Waals surface area contributed by atoms with E-state index in [1.54, 1.807) is 18.6 Å². The van der Waals surface area contributed by atoms with Gasteiger partial charge in [0, 0.05) is 37.9 Å². The highest BCUT2D eigenvalue weighted by Crippen LogP contribution is 2.10. The Morgan fingerprint density at radius 1 is 1.23 bits per heavy atom. The Morgan fingerprint density at radius 2 is 2.09 bits per heavy atom. The molecule has 5 heteroatoms. The topological polar surface area (TPSA) is 66.9 Å². The van der Waals surface area contributed by atoms with Crippen LogP contribution >= 0.6 is 0 Å². The van der Waals surface area contributed by atoms with Gasteiger partial charge in [0.25, 0.3) is 5.91 Å². The summed E-state index contributed by atoms with van der Waals surface area (Å²) in [4.78, 5) is 20.3. The third-order valence-corrected chi connectivity index (χ3v) is 3.23. The smallest absolute Gasteiger partial charge is 0.252 e. The van der Waals surface area contributed by atoms with Gasteiger partial charge in [-0.3, -0.25) is 14.8 Å². The third kappa shape index (κ3) is 5.16. The number of hydrogen-bond donors (Lipinski definition) is 2. The zero-order valence-electron chi connectivity index (χ0n) is 13.0. The van der Waals surface area contributed by atoms with Crippen molar-refractivity contribution >= 4 is 11.6 Å². The van der Waals surface area contributed by atoms with E-state index in [1.165, 1.54) is 0 Å². The van der Waals surface area contributed by atoms with E-state index in [0.717, 1.165) is 17.7 Å². The molecule has 0 aromatic carbocycles. The molecule has 0 aliphatic heterocycles. The van der Waals surface area contributed by atoms with Crippen molar-refractivity contribution in [1.82, 2.24) is 15.3 Å². The van der Waals surface area contributed by atoms with Crippen molar-refractivity contribution < 1.29 is 4.79 Å². The van der Waals surface area contributed by atoms with E-state index in [9.17, 15) is 4.79 Å². The zero-order valence-corrected chi connectivity index (χ0v) is 13.0. The zero-order chi connectivity index (χ0) is 15.8. The molecule has 2 rings (SSSR count). The fourth-order valence-electron chi connectivity index (χ4n) is 1.94. The highest BCUT2D eigenvalue weighted by Gasteiger charge is 2.07. The van der Waals surface area contributed by atoms with E-state index < -0.39 is 0 Å². The first-order valence-corrected chi connectivity index (χ1v) is 7.51. The number of anilines is 1. The summed E-state index contributed by atoms with van der Waals surface area (Å²) in [6.45, 7) is 5.60. The van der Waals surface area contributed by atoms with Gasteiger partial charge in [0.2, 0.25) is 0 Å². The van der Waals surface area contributed by atoms with Crippen LogP contribution in [0.3, 0.4) is 0 Å². The van der Waals surface area contributed by atoms with Crippen molar-refractivity contribution in [2.45, 2.75) is 26.8 Å². The van der Waals surface area contributed by atoms with Crippen molar-refractivity contribution in [3.8, 4) is 0 Å². The van der Waals surface area contributed by atoms with Crippen LogP contribution in [-0.4, -0.2) is 22.4 Å². The summed E-state index contributed by atoms with van der Waals surface area (Å²) in [6, 6.07) is 5.71. The number of amides is 1. The van der Waals surface area contributed by atoms with Crippen LogP contribution in [0, 0.1) is 5.92 Å². The number of aromatic nitrogens is 2. The van der Waals surface area contributed by atoms with Crippen LogP contribution < -0.4 is 10.6 Å². The Labute approximate surface area is 131 Å². The first-order chi connectivity index (χ1) is 10.6. The van der Waals surface area contributed by atoms with Crippen LogP contribution in [0.5, 0.6) is 0 Å². The standard InChI is InChI=1S/C17H22N4O/c1-13(2)5-7-20-17(22)15-8-16(12-19-11-15)21-10-14-4-3-6-18-9-14/h3-4,6,8-9,11-13,21H,5,7,10H2,1-2H3,(H,20,22). The summed E-state index contributed by atoms with van der Waals surface area (Å²) in [5.74, 6) is 0.490. The molecule has 0 unspecified atom stereocenters. The van der Waals surface area contributed by atoms with Crippen LogP contribution in [0.1, 0.15) is 36.2 Å². The molecule has 0 bridgehead atoms. The van der Waals surface area contributed by atoms with E-state index in [1.807, 2.05) is 24.4 Å². The second kappa shape index (κ2) is 8.12. The average Bonchev–Trinajstić information content (AvgIpc) is 2.54. The number of hydrogen-bond acceptors (Lipinski definition) is 4. The van der Waals surface area contributed by atoms with Crippen molar-refractivity contribution in [3.63, 3.8) is 0 Å². The molecule has 0 aliphatic carbocycles. The van der Waals surface area contributed by atoms with Crippen molar-refractivity contribution in [2.75, 3.05) is 11.9 Å². The van der Waals surface area contributed by atoms with Gasteiger partial charge in [-0.15, -0.1) is 0 Å². The summed E-state index contributed by atoms with van der Waals surface area (Å²) in [5.41, 5.74) is 2.47. The first kappa shape index (κ1) is 15.9. The van der Waals surface area contributed by atoms with E-state index >= 15 is 0 Å². The Morgan fingerprint density at radius 3 is 2.82 bits per heavy atom. The first-order valence-electron chi connectivity index (χ1n) is 7.51. The van der Waals surface area contributed by atoms with E-state index in [-0.39, 0.29) is 5.91 Å². The molecule has 116 valence electrons. The van der Waals surface area contributed by atoms with Gasteiger partial charge in [-0.25, -0.2) is 0 Å². The maximum atomic E-state index is 12.1. The largest absolute Gasteiger partial charge is 0.380 e. The van der Waals surface area contributed by atoms with E-state index in [2.05, 4.69) is 34.4 Å². The predicted molar refractivity (Wildman–Crippen MR) is 87.6 cm³/mol. The van der Waals surface area contributed by atoms with Gasteiger partial charge in [-0.05, 0) is 30.0 Å². The van der Waals surface area contributed by atoms with Crippen LogP contribution in [-0.2, 0) is 6.54 Å². The van der Waals surface area contributed by atoms with Crippen LogP contribution in [0.15, 0.2) is 43.0 Å². The Bertz CT molecular complexity index is 599. The molecule has 22 heavy (non-hydrogen) atoms. The van der Waals surface area contributed by atoms with Gasteiger partial charge in [0.05, 0.1) is 11.3 Å². The van der Waals surface area contributed by atoms with Crippen LogP contribution in [0.25, 0.3) is 0 Å². The molecule has 2 heterocycles. The predicted octanol–water partition coefficient (Wildman–Crippen LogP) is 2.86. The molecule has 0 radical (unpaired) electrons. The molecule has 2 aromatic rings. The van der Waals surface area contributed by atoms with Crippen molar-refractivity contribution in [1.29, 1.82) is 0 Å². The molecule has 5 nitrogen and oxygen atoms in total. The van der Waals surface area contributed by atoms with Crippen molar-refractivity contribution in [2.24, 2.45) is 5.92 Å². The Balaban J connectivity index is 1.90. The fraction of sp³-hybridized carbons (Fsp3) is 0.353. The lowest BCUT2D eigenvalue weighted by molar-refractivity contribution is 0.0951. The second-order valence-corrected chi connectivity index (χ2v) is 5.62. The van der Waals surface area contributed by atoms with Crippen LogP contribution in [0.2, 0.25) is 0 Å². The van der Waals surface area contributed by atoms with Gasteiger partial charge in [-0.2, -0.15) is 0 Å². The Kier molecular flexibility index (Phi) is 5.89. The molecule has 1 amide bonds. The minimum atomic E-state index is -0.0850. The summed E-state index contributed by atoms with van der Waals surface area (Å²) in [7, 11) is 0. The van der Waals surface area contributed by atoms with Gasteiger partial charge in [0.15, 0.2) is 0 Å². The third-order valence-electron chi connectivity index (χ3n) is 3.23. The highest BCUT2D eigenvalue weighted by molar-refractivity contribution is 5.94. The summed E-state index contributed by atoms with van der Waals surface area (Å²) in [6.07, 6.45) is 7.81. The minimum Gasteiger partial charge on any atom is -0.380 e. The van der Waals surface area contributed by atoms with Gasteiger partial charge >= 0.3 is 0 Å². The van der Waals surface area contributed by atoms with Crippen molar-refractivity contribution in [3.05, 3.63) is 54.1 Å². The normalized spacial score (nSPS) is 10.5. The van der Waals surface area contributed by atoms with E-state index in [4.69, 9.17) is 0 Å². The molecule has 0 fully saturated rings. The molecule has 2 N–H and O–H groups in total. The molecule has 0 saturated heterocycles. The molecule has 0 spiro atoms. The number of nitrogens with zero attached hydrogens (tertiary/aromatic N) is 2. The number of carbonyl (C=O) groups is 1. The monoisotopic (exact) mass is 298 g/mol. The van der Waals surface area contributed by atoms with Gasteiger partial charge in [0.1, 0.15) is 0 Å². The highest BCUT2D eigenvalue weighted by atomic mass is 16.1. The number of pyridine rings is 2. The maximum absolute atomic E-state index is 12.1.